The van der Waals surface area contributed by atoms with Gasteiger partial charge in [0.2, 0.25) is 4.96 Å². The van der Waals surface area contributed by atoms with Crippen LogP contribution in [0, 0.1) is 0 Å². The van der Waals surface area contributed by atoms with E-state index in [9.17, 15) is 9.59 Å². The van der Waals surface area contributed by atoms with Crippen molar-refractivity contribution in [3.8, 4) is 11.4 Å². The van der Waals surface area contributed by atoms with Gasteiger partial charge in [0.25, 0.3) is 11.5 Å². The summed E-state index contributed by atoms with van der Waals surface area (Å²) in [5.41, 5.74) is 2.37. The number of thiazole rings is 1. The fourth-order valence-electron chi connectivity index (χ4n) is 3.09. The number of benzene rings is 1. The van der Waals surface area contributed by atoms with Gasteiger partial charge in [0, 0.05) is 30.6 Å². The maximum atomic E-state index is 12.9. The highest BCUT2D eigenvalue weighted by Gasteiger charge is 2.31. The van der Waals surface area contributed by atoms with Crippen molar-refractivity contribution in [1.82, 2.24) is 19.6 Å². The number of likely N-dealkylation sites (N-methyl/N-ethyl adjacent to an activating group) is 1. The fraction of sp³-hybridized carbons (Fsp3) is 0.0556. The molecule has 0 saturated carbocycles. The molecule has 4 aromatic rings. The highest BCUT2D eigenvalue weighted by molar-refractivity contribution is 7.15. The minimum atomic E-state index is -0.332. The highest BCUT2D eigenvalue weighted by atomic mass is 32.1. The molecule has 0 atom stereocenters. The first-order valence-electron chi connectivity index (χ1n) is 7.87. The van der Waals surface area contributed by atoms with E-state index >= 15 is 0 Å². The van der Waals surface area contributed by atoms with Crippen LogP contribution in [0.5, 0.6) is 0 Å². The lowest BCUT2D eigenvalue weighted by molar-refractivity contribution is -0.112. The molecule has 5 rings (SSSR count). The quantitative estimate of drug-likeness (QED) is 0.507. The van der Waals surface area contributed by atoms with Crippen LogP contribution < -0.4 is 15.0 Å². The van der Waals surface area contributed by atoms with E-state index in [2.05, 4.69) is 15.1 Å². The van der Waals surface area contributed by atoms with Gasteiger partial charge in [-0.25, -0.2) is 0 Å². The molecule has 126 valence electrons. The van der Waals surface area contributed by atoms with Crippen molar-refractivity contribution < 1.29 is 4.79 Å². The first-order chi connectivity index (χ1) is 12.6. The van der Waals surface area contributed by atoms with Crippen molar-refractivity contribution in [2.75, 3.05) is 11.9 Å². The Kier molecular flexibility index (Phi) is 3.04. The van der Waals surface area contributed by atoms with E-state index in [1.54, 1.807) is 30.4 Å². The Morgan fingerprint density at radius 1 is 1.08 bits per heavy atom. The molecule has 1 aliphatic heterocycles. The molecule has 1 aliphatic rings. The molecule has 1 aromatic carbocycles. The van der Waals surface area contributed by atoms with Crippen LogP contribution in [0.1, 0.15) is 5.56 Å². The fourth-order valence-corrected chi connectivity index (χ4v) is 4.09. The Balaban J connectivity index is 1.78. The lowest BCUT2D eigenvalue weighted by Crippen LogP contribution is -2.30. The summed E-state index contributed by atoms with van der Waals surface area (Å²) in [5.74, 6) is 0.244. The summed E-state index contributed by atoms with van der Waals surface area (Å²) in [6.07, 6.45) is 3.31. The van der Waals surface area contributed by atoms with Crippen LogP contribution in [0.3, 0.4) is 0 Å². The molecule has 3 aromatic heterocycles. The van der Waals surface area contributed by atoms with Gasteiger partial charge in [-0.1, -0.05) is 29.5 Å². The zero-order valence-corrected chi connectivity index (χ0v) is 14.4. The highest BCUT2D eigenvalue weighted by Crippen LogP contribution is 2.33. The number of hydrogen-bond acceptors (Lipinski definition) is 6. The Bertz CT molecular complexity index is 1290. The molecule has 0 N–H and O–H groups in total. The van der Waals surface area contributed by atoms with Gasteiger partial charge in [-0.2, -0.15) is 9.50 Å². The van der Waals surface area contributed by atoms with Crippen LogP contribution in [0.4, 0.5) is 5.69 Å². The standard InChI is InChI=1S/C18H11N5O2S/c1-22-12-7-3-2-6-11(12)13(16(22)24)14-17(25)23-18(26-14)20-15(21-23)10-5-4-8-19-9-10/h2-9H,1H3. The summed E-state index contributed by atoms with van der Waals surface area (Å²) in [7, 11) is 1.70. The van der Waals surface area contributed by atoms with Crippen LogP contribution in [0.25, 0.3) is 21.9 Å². The molecule has 0 unspecified atom stereocenters. The summed E-state index contributed by atoms with van der Waals surface area (Å²) >= 11 is 1.18. The van der Waals surface area contributed by atoms with Crippen LogP contribution >= 0.6 is 11.3 Å². The van der Waals surface area contributed by atoms with Crippen molar-refractivity contribution >= 4 is 33.5 Å². The Morgan fingerprint density at radius 2 is 1.92 bits per heavy atom. The van der Waals surface area contributed by atoms with E-state index in [1.807, 2.05) is 30.3 Å². The Labute approximate surface area is 150 Å². The zero-order chi connectivity index (χ0) is 17.8. The number of hydrogen-bond donors (Lipinski definition) is 0. The number of fused-ring (bicyclic) bond motifs is 2. The third-order valence-corrected chi connectivity index (χ3v) is 5.39. The normalized spacial score (nSPS) is 15.7. The van der Waals surface area contributed by atoms with Gasteiger partial charge in [0.15, 0.2) is 5.82 Å². The second-order valence-electron chi connectivity index (χ2n) is 5.86. The Morgan fingerprint density at radius 3 is 2.69 bits per heavy atom. The molecule has 7 nitrogen and oxygen atoms in total. The second kappa shape index (κ2) is 5.30. The molecule has 0 saturated heterocycles. The van der Waals surface area contributed by atoms with Gasteiger partial charge in [-0.15, -0.1) is 5.10 Å². The van der Waals surface area contributed by atoms with E-state index in [-0.39, 0.29) is 11.5 Å². The van der Waals surface area contributed by atoms with Crippen molar-refractivity contribution in [2.24, 2.45) is 0 Å². The number of nitrogens with zero attached hydrogens (tertiary/aromatic N) is 5. The zero-order valence-electron chi connectivity index (χ0n) is 13.6. The minimum absolute atomic E-state index is 0.194. The number of aromatic nitrogens is 4. The maximum absolute atomic E-state index is 12.9. The second-order valence-corrected chi connectivity index (χ2v) is 6.84. The monoisotopic (exact) mass is 361 g/mol. The molecule has 0 fully saturated rings. The predicted molar refractivity (Wildman–Crippen MR) is 97.9 cm³/mol. The van der Waals surface area contributed by atoms with Gasteiger partial charge in [-0.05, 0) is 18.2 Å². The molecule has 8 heteroatoms. The summed E-state index contributed by atoms with van der Waals surface area (Å²) in [6, 6.07) is 11.1. The molecule has 0 aliphatic carbocycles. The van der Waals surface area contributed by atoms with E-state index in [1.165, 1.54) is 15.9 Å². The van der Waals surface area contributed by atoms with Gasteiger partial charge >= 0.3 is 0 Å². The van der Waals surface area contributed by atoms with Crippen molar-refractivity contribution in [3.05, 3.63) is 69.2 Å². The number of anilines is 1. The largest absolute Gasteiger partial charge is 0.311 e. The Hall–Kier alpha value is -3.39. The van der Waals surface area contributed by atoms with Crippen LogP contribution in [-0.4, -0.2) is 32.5 Å². The number of pyridine rings is 1. The van der Waals surface area contributed by atoms with Gasteiger partial charge in [0.05, 0.1) is 11.3 Å². The van der Waals surface area contributed by atoms with Crippen LogP contribution in [0.2, 0.25) is 0 Å². The third-order valence-electron chi connectivity index (χ3n) is 4.36. The van der Waals surface area contributed by atoms with E-state index < -0.39 is 0 Å². The van der Waals surface area contributed by atoms with Crippen molar-refractivity contribution in [3.63, 3.8) is 0 Å². The SMILES string of the molecule is CN1C(=O)C(=c2sc3nc(-c4cccnc4)nn3c2=O)c2ccccc21. The summed E-state index contributed by atoms with van der Waals surface area (Å²) < 4.78 is 1.61. The topological polar surface area (TPSA) is 80.5 Å². The van der Waals surface area contributed by atoms with E-state index in [0.29, 0.717) is 20.9 Å². The van der Waals surface area contributed by atoms with Gasteiger partial charge in [0.1, 0.15) is 4.53 Å². The molecule has 4 heterocycles. The molecule has 26 heavy (non-hydrogen) atoms. The first-order valence-corrected chi connectivity index (χ1v) is 8.68. The number of para-hydroxylation sites is 1. The predicted octanol–water partition coefficient (Wildman–Crippen LogP) is 1.11. The number of carbonyl (C=O) groups is 1. The average Bonchev–Trinajstić information content (AvgIpc) is 3.29. The maximum Gasteiger partial charge on any atom is 0.291 e. The molecule has 1 amide bonds. The molecular formula is C18H11N5O2S. The number of carbonyl (C=O) groups excluding carboxylic acids is 1. The van der Waals surface area contributed by atoms with E-state index in [0.717, 1.165) is 16.8 Å². The summed E-state index contributed by atoms with van der Waals surface area (Å²) in [4.78, 5) is 36.1. The lowest BCUT2D eigenvalue weighted by atomic mass is 10.1. The van der Waals surface area contributed by atoms with Gasteiger partial charge in [-0.3, -0.25) is 14.6 Å². The minimum Gasteiger partial charge on any atom is -0.311 e. The smallest absolute Gasteiger partial charge is 0.291 e. The molecule has 0 spiro atoms. The van der Waals surface area contributed by atoms with Crippen molar-refractivity contribution in [2.45, 2.75) is 0 Å². The van der Waals surface area contributed by atoms with E-state index in [4.69, 9.17) is 0 Å². The average molecular weight is 361 g/mol. The molecule has 0 radical (unpaired) electrons. The van der Waals surface area contributed by atoms with Crippen LogP contribution in [-0.2, 0) is 4.79 Å². The lowest BCUT2D eigenvalue weighted by Gasteiger charge is -2.07. The summed E-state index contributed by atoms with van der Waals surface area (Å²) in [5, 5.41) is 4.30. The first kappa shape index (κ1) is 14.9. The number of rotatable bonds is 1. The molecular weight excluding hydrogens is 350 g/mol. The summed E-state index contributed by atoms with van der Waals surface area (Å²) in [6.45, 7) is 0. The van der Waals surface area contributed by atoms with Crippen LogP contribution in [0.15, 0.2) is 53.6 Å². The molecule has 0 bridgehead atoms. The third kappa shape index (κ3) is 1.96. The number of amides is 1. The van der Waals surface area contributed by atoms with Crippen molar-refractivity contribution in [1.29, 1.82) is 0 Å². The van der Waals surface area contributed by atoms with Gasteiger partial charge < -0.3 is 4.90 Å².